The van der Waals surface area contributed by atoms with E-state index in [2.05, 4.69) is 9.97 Å². The van der Waals surface area contributed by atoms with E-state index in [1.54, 1.807) is 7.11 Å². The van der Waals surface area contributed by atoms with Gasteiger partial charge in [-0.05, 0) is 31.0 Å². The summed E-state index contributed by atoms with van der Waals surface area (Å²) in [5.41, 5.74) is 3.57. The number of hydrogen-bond acceptors (Lipinski definition) is 3. The van der Waals surface area contributed by atoms with Crippen molar-refractivity contribution in [3.8, 4) is 17.0 Å². The Labute approximate surface area is 104 Å². The van der Waals surface area contributed by atoms with Crippen LogP contribution in [0.4, 0.5) is 0 Å². The number of carbonyl (C=O) groups is 1. The number of carboxylic acids is 1. The molecule has 5 nitrogen and oxygen atoms in total. The van der Waals surface area contributed by atoms with Crippen LogP contribution in [0, 0.1) is 13.8 Å². The molecule has 0 saturated heterocycles. The number of ether oxygens (including phenoxy) is 1. The van der Waals surface area contributed by atoms with Crippen LogP contribution in [-0.4, -0.2) is 28.2 Å². The van der Waals surface area contributed by atoms with Gasteiger partial charge < -0.3 is 14.8 Å². The summed E-state index contributed by atoms with van der Waals surface area (Å²) in [5, 5.41) is 8.86. The smallest absolute Gasteiger partial charge is 0.371 e. The van der Waals surface area contributed by atoms with E-state index in [0.29, 0.717) is 11.4 Å². The van der Waals surface area contributed by atoms with Crippen LogP contribution in [0.5, 0.6) is 5.75 Å². The molecular formula is C13H14N2O3. The second-order valence-corrected chi connectivity index (χ2v) is 4.11. The number of aromatic amines is 1. The number of aromatic carboxylic acids is 1. The lowest BCUT2D eigenvalue weighted by atomic mass is 10.0. The molecule has 0 bridgehead atoms. The number of hydrogen-bond donors (Lipinski definition) is 2. The van der Waals surface area contributed by atoms with Crippen LogP contribution in [-0.2, 0) is 0 Å². The normalized spacial score (nSPS) is 10.4. The molecule has 0 unspecified atom stereocenters. The molecule has 0 radical (unpaired) electrons. The average Bonchev–Trinajstić information content (AvgIpc) is 2.77. The van der Waals surface area contributed by atoms with E-state index in [9.17, 15) is 4.79 Å². The molecule has 1 aromatic carbocycles. The third-order valence-electron chi connectivity index (χ3n) is 2.71. The molecule has 1 aromatic heterocycles. The monoisotopic (exact) mass is 246 g/mol. The van der Waals surface area contributed by atoms with Gasteiger partial charge in [0.2, 0.25) is 5.82 Å². The summed E-state index contributed by atoms with van der Waals surface area (Å²) in [7, 11) is 1.59. The summed E-state index contributed by atoms with van der Waals surface area (Å²) < 4.78 is 5.34. The van der Waals surface area contributed by atoms with E-state index in [4.69, 9.17) is 9.84 Å². The van der Waals surface area contributed by atoms with Gasteiger partial charge in [0.1, 0.15) is 5.75 Å². The molecule has 0 fully saturated rings. The van der Waals surface area contributed by atoms with Crippen molar-refractivity contribution >= 4 is 5.97 Å². The van der Waals surface area contributed by atoms with Gasteiger partial charge in [-0.3, -0.25) is 0 Å². The van der Waals surface area contributed by atoms with Crippen molar-refractivity contribution in [2.45, 2.75) is 13.8 Å². The number of rotatable bonds is 3. The summed E-state index contributed by atoms with van der Waals surface area (Å²) in [6, 6.07) is 3.92. The highest BCUT2D eigenvalue weighted by Crippen LogP contribution is 2.33. The maximum atomic E-state index is 10.8. The van der Waals surface area contributed by atoms with Crippen LogP contribution >= 0.6 is 0 Å². The molecule has 0 aliphatic carbocycles. The third-order valence-corrected chi connectivity index (χ3v) is 2.71. The number of H-pyrrole nitrogens is 1. The predicted molar refractivity (Wildman–Crippen MR) is 67.0 cm³/mol. The zero-order chi connectivity index (χ0) is 13.3. The number of imidazole rings is 1. The topological polar surface area (TPSA) is 75.2 Å². The van der Waals surface area contributed by atoms with Gasteiger partial charge in [-0.2, -0.15) is 0 Å². The molecule has 18 heavy (non-hydrogen) atoms. The second-order valence-electron chi connectivity index (χ2n) is 4.11. The Bertz CT molecular complexity index is 602. The van der Waals surface area contributed by atoms with Gasteiger partial charge in [-0.1, -0.05) is 6.07 Å². The Hall–Kier alpha value is -2.30. The number of nitrogens with one attached hydrogen (secondary N) is 1. The molecule has 1 heterocycles. The molecule has 2 rings (SSSR count). The fourth-order valence-corrected chi connectivity index (χ4v) is 1.99. The van der Waals surface area contributed by atoms with Crippen LogP contribution in [0.1, 0.15) is 21.7 Å². The minimum absolute atomic E-state index is 0.0768. The molecule has 2 N–H and O–H groups in total. The molecule has 0 aliphatic heterocycles. The fourth-order valence-electron chi connectivity index (χ4n) is 1.99. The number of aryl methyl sites for hydroxylation is 2. The van der Waals surface area contributed by atoms with Crippen LogP contribution in [0.3, 0.4) is 0 Å². The highest BCUT2D eigenvalue weighted by atomic mass is 16.5. The largest absolute Gasteiger partial charge is 0.496 e. The summed E-state index contributed by atoms with van der Waals surface area (Å²) in [6.07, 6.45) is 1.50. The second kappa shape index (κ2) is 4.52. The molecule has 0 saturated carbocycles. The number of methoxy groups -OCH3 is 1. The van der Waals surface area contributed by atoms with Crippen molar-refractivity contribution in [1.82, 2.24) is 9.97 Å². The SMILES string of the molecule is COc1cc(C)cc(C)c1-c1cnc(C(=O)O)[nH]1. The number of nitrogens with zero attached hydrogens (tertiary/aromatic N) is 1. The van der Waals surface area contributed by atoms with Crippen LogP contribution in [0.15, 0.2) is 18.3 Å². The van der Waals surface area contributed by atoms with Gasteiger partial charge in [-0.15, -0.1) is 0 Å². The van der Waals surface area contributed by atoms with Gasteiger partial charge in [0.05, 0.1) is 19.0 Å². The van der Waals surface area contributed by atoms with E-state index in [-0.39, 0.29) is 5.82 Å². The number of aromatic nitrogens is 2. The van der Waals surface area contributed by atoms with E-state index in [1.165, 1.54) is 6.20 Å². The summed E-state index contributed by atoms with van der Waals surface area (Å²) >= 11 is 0. The third kappa shape index (κ3) is 2.07. The minimum Gasteiger partial charge on any atom is -0.496 e. The molecule has 2 aromatic rings. The van der Waals surface area contributed by atoms with Gasteiger partial charge in [-0.25, -0.2) is 9.78 Å². The first-order valence-electron chi connectivity index (χ1n) is 5.47. The number of benzene rings is 1. The Balaban J connectivity index is 2.58. The minimum atomic E-state index is -1.08. The molecule has 94 valence electrons. The predicted octanol–water partition coefficient (Wildman–Crippen LogP) is 2.40. The lowest BCUT2D eigenvalue weighted by Gasteiger charge is -2.11. The van der Waals surface area contributed by atoms with Crippen molar-refractivity contribution < 1.29 is 14.6 Å². The lowest BCUT2D eigenvalue weighted by Crippen LogP contribution is -1.98. The molecule has 0 aliphatic rings. The van der Waals surface area contributed by atoms with E-state index >= 15 is 0 Å². The Kier molecular flexibility index (Phi) is 3.06. The highest BCUT2D eigenvalue weighted by Gasteiger charge is 2.15. The molecule has 0 atom stereocenters. The van der Waals surface area contributed by atoms with Crippen molar-refractivity contribution in [1.29, 1.82) is 0 Å². The van der Waals surface area contributed by atoms with E-state index in [1.807, 2.05) is 26.0 Å². The van der Waals surface area contributed by atoms with Crippen molar-refractivity contribution in [3.63, 3.8) is 0 Å². The Morgan fingerprint density at radius 3 is 2.67 bits per heavy atom. The van der Waals surface area contributed by atoms with Gasteiger partial charge in [0.15, 0.2) is 0 Å². The zero-order valence-corrected chi connectivity index (χ0v) is 10.4. The lowest BCUT2D eigenvalue weighted by molar-refractivity contribution is 0.0685. The van der Waals surface area contributed by atoms with Crippen LogP contribution in [0.2, 0.25) is 0 Å². The maximum Gasteiger partial charge on any atom is 0.371 e. The summed E-state index contributed by atoms with van der Waals surface area (Å²) in [4.78, 5) is 17.4. The first kappa shape index (κ1) is 12.2. The maximum absolute atomic E-state index is 10.8. The quantitative estimate of drug-likeness (QED) is 0.872. The summed E-state index contributed by atoms with van der Waals surface area (Å²) in [6.45, 7) is 3.93. The van der Waals surface area contributed by atoms with Crippen molar-refractivity contribution in [3.05, 3.63) is 35.3 Å². The first-order chi connectivity index (χ1) is 8.52. The Morgan fingerprint density at radius 2 is 2.11 bits per heavy atom. The Morgan fingerprint density at radius 1 is 1.39 bits per heavy atom. The molecule has 0 amide bonds. The standard InChI is InChI=1S/C13H14N2O3/c1-7-4-8(2)11(10(5-7)18-3)9-6-14-12(15-9)13(16)17/h4-6H,1-3H3,(H,14,15)(H,16,17). The zero-order valence-electron chi connectivity index (χ0n) is 10.4. The average molecular weight is 246 g/mol. The number of carboxylic acid groups (broad SMARTS) is 1. The summed E-state index contributed by atoms with van der Waals surface area (Å²) in [5.74, 6) is -0.454. The molecule has 0 spiro atoms. The van der Waals surface area contributed by atoms with Crippen LogP contribution < -0.4 is 4.74 Å². The van der Waals surface area contributed by atoms with E-state index in [0.717, 1.165) is 16.7 Å². The molecule has 5 heteroatoms. The van der Waals surface area contributed by atoms with Gasteiger partial charge >= 0.3 is 5.97 Å². The van der Waals surface area contributed by atoms with Crippen molar-refractivity contribution in [2.75, 3.05) is 7.11 Å². The first-order valence-corrected chi connectivity index (χ1v) is 5.47. The molecular weight excluding hydrogens is 232 g/mol. The van der Waals surface area contributed by atoms with E-state index < -0.39 is 5.97 Å². The fraction of sp³-hybridized carbons (Fsp3) is 0.231. The van der Waals surface area contributed by atoms with Gasteiger partial charge in [0, 0.05) is 5.56 Å². The van der Waals surface area contributed by atoms with Gasteiger partial charge in [0.25, 0.3) is 0 Å². The van der Waals surface area contributed by atoms with Crippen molar-refractivity contribution in [2.24, 2.45) is 0 Å². The van der Waals surface area contributed by atoms with Crippen LogP contribution in [0.25, 0.3) is 11.3 Å². The highest BCUT2D eigenvalue weighted by molar-refractivity contribution is 5.85.